The number of hydrogen-bond acceptors (Lipinski definition) is 2. The molecule has 0 radical (unpaired) electrons. The maximum Gasteiger partial charge on any atom is 0.0454 e. The summed E-state index contributed by atoms with van der Waals surface area (Å²) in [5, 5.41) is 8.13. The first-order chi connectivity index (χ1) is 36.7. The highest BCUT2D eigenvalue weighted by Gasteiger charge is 2.41. The van der Waals surface area contributed by atoms with Crippen LogP contribution in [-0.2, 0) is 35.5 Å². The molecule has 0 amide bonds. The summed E-state index contributed by atoms with van der Waals surface area (Å²) < 4.78 is 0. The molecular weight excluding hydrogens is 917 g/mol. The third kappa shape index (κ3) is 9.31. The predicted molar refractivity (Wildman–Crippen MR) is 330 cm³/mol. The van der Waals surface area contributed by atoms with Crippen LogP contribution in [0.4, 0.5) is 11.4 Å². The molecule has 9 aromatic carbocycles. The lowest BCUT2D eigenvalue weighted by atomic mass is 9.74. The van der Waals surface area contributed by atoms with Crippen molar-refractivity contribution < 1.29 is 0 Å². The van der Waals surface area contributed by atoms with E-state index in [-0.39, 0.29) is 16.2 Å². The molecule has 0 bridgehead atoms. The summed E-state index contributed by atoms with van der Waals surface area (Å²) in [6, 6.07) is 70.4. The number of hydrogen-bond donors (Lipinski definition) is 0. The molecule has 0 N–H and O–H groups in total. The second kappa shape index (κ2) is 21.2. The quantitative estimate of drug-likeness (QED) is 0.150. The molecule has 12 rings (SSSR count). The molecule has 0 aromatic heterocycles. The highest BCUT2D eigenvalue weighted by Crippen LogP contribution is 2.52. The molecule has 3 aliphatic rings. The van der Waals surface area contributed by atoms with Gasteiger partial charge in [0, 0.05) is 53.1 Å². The van der Waals surface area contributed by atoms with E-state index in [1.807, 2.05) is 0 Å². The zero-order valence-electron chi connectivity index (χ0n) is 46.9. The van der Waals surface area contributed by atoms with E-state index in [1.54, 1.807) is 0 Å². The summed E-state index contributed by atoms with van der Waals surface area (Å²) in [6.45, 7) is 20.8. The number of para-hydroxylation sites is 1. The number of aryl methyl sites for hydroxylation is 1. The van der Waals surface area contributed by atoms with Crippen LogP contribution in [-0.4, -0.2) is 14.1 Å². The van der Waals surface area contributed by atoms with Crippen molar-refractivity contribution in [3.63, 3.8) is 0 Å². The predicted octanol–water partition coefficient (Wildman–Crippen LogP) is 19.2. The molecule has 1 aliphatic carbocycles. The van der Waals surface area contributed by atoms with Gasteiger partial charge in [-0.3, -0.25) is 0 Å². The van der Waals surface area contributed by atoms with Gasteiger partial charge in [-0.1, -0.05) is 249 Å². The Labute approximate surface area is 454 Å². The molecule has 9 aromatic rings. The van der Waals surface area contributed by atoms with Crippen molar-refractivity contribution >= 4 is 49.3 Å². The Balaban J connectivity index is 0.000000142. The number of likely N-dealkylation sites (N-methyl/N-ethyl adjacent to an activating group) is 2. The molecule has 0 fully saturated rings. The molecule has 382 valence electrons. The van der Waals surface area contributed by atoms with Crippen LogP contribution in [0.25, 0.3) is 37.9 Å². The highest BCUT2D eigenvalue weighted by atomic mass is 15.2. The minimum absolute atomic E-state index is 0.0265. The van der Waals surface area contributed by atoms with E-state index in [0.717, 1.165) is 19.3 Å². The second-order valence-corrected chi connectivity index (χ2v) is 22.7. The summed E-state index contributed by atoms with van der Waals surface area (Å²) in [7, 11) is 4.35. The molecule has 2 heterocycles. The Hall–Kier alpha value is -7.68. The van der Waals surface area contributed by atoms with E-state index in [9.17, 15) is 0 Å². The molecular formula is C74H76N2. The van der Waals surface area contributed by atoms with Crippen LogP contribution in [0, 0.1) is 0 Å². The van der Waals surface area contributed by atoms with Gasteiger partial charge >= 0.3 is 0 Å². The van der Waals surface area contributed by atoms with Crippen LogP contribution in [0.5, 0.6) is 0 Å². The number of allylic oxidation sites excluding steroid dienone is 8. The lowest BCUT2D eigenvalue weighted by Gasteiger charge is -2.29. The van der Waals surface area contributed by atoms with Crippen molar-refractivity contribution in [2.45, 2.75) is 104 Å². The average Bonchev–Trinajstić information content (AvgIpc) is 3.90. The number of benzene rings is 9. The Morgan fingerprint density at radius 1 is 0.513 bits per heavy atom. The van der Waals surface area contributed by atoms with Crippen molar-refractivity contribution in [3.8, 4) is 0 Å². The SMILES string of the molecule is C/C=C1/N(C)c2ccc3ccccc3c2C1(C)C.CC1=C(/C=C/C=C2/N(C)c3ccccc3C2(C)C)C(C)(Cc2ccccc2)c2ccc3ccccc3c21.CCc1c(C(C)Cc2ccccc2)ccc2ccccc12. The molecule has 2 unspecified atom stereocenters. The summed E-state index contributed by atoms with van der Waals surface area (Å²) in [5.74, 6) is 0.548. The lowest BCUT2D eigenvalue weighted by molar-refractivity contribution is 0.578. The second-order valence-electron chi connectivity index (χ2n) is 22.7. The van der Waals surface area contributed by atoms with E-state index < -0.39 is 0 Å². The van der Waals surface area contributed by atoms with E-state index in [0.29, 0.717) is 5.92 Å². The normalized spacial score (nSPS) is 18.5. The zero-order chi connectivity index (χ0) is 53.4. The third-order valence-corrected chi connectivity index (χ3v) is 17.3. The fraction of sp³-hybridized carbons (Fsp3) is 0.243. The van der Waals surface area contributed by atoms with Crippen LogP contribution in [0.1, 0.15) is 113 Å². The Bertz CT molecular complexity index is 3710. The van der Waals surface area contributed by atoms with E-state index in [4.69, 9.17) is 0 Å². The topological polar surface area (TPSA) is 6.48 Å². The Morgan fingerprint density at radius 2 is 1.05 bits per heavy atom. The van der Waals surface area contributed by atoms with Gasteiger partial charge < -0.3 is 9.80 Å². The van der Waals surface area contributed by atoms with Crippen LogP contribution in [0.3, 0.4) is 0 Å². The smallest absolute Gasteiger partial charge is 0.0454 e. The third-order valence-electron chi connectivity index (χ3n) is 17.3. The highest BCUT2D eigenvalue weighted by molar-refractivity contribution is 6.00. The number of anilines is 2. The van der Waals surface area contributed by atoms with Gasteiger partial charge in [0.1, 0.15) is 0 Å². The summed E-state index contributed by atoms with van der Waals surface area (Å²) in [4.78, 5) is 4.67. The Kier molecular flexibility index (Phi) is 14.4. The lowest BCUT2D eigenvalue weighted by Crippen LogP contribution is -2.25. The standard InChI is InChI=1S/C36H35N.C21H22.C17H19N/c1-25-29(19-13-21-33-35(2,3)30-18-11-12-20-32(30)37(33)5)36(4,24-26-14-7-6-8-15-26)31-23-22-27-16-9-10-17-28(27)34(25)31;1-3-19-20(14-13-18-11-7-8-12-21(18)19)16(2)15-17-9-5-4-6-10-17;1-5-15-17(2,3)16-13-9-7-6-8-12(13)10-11-14(16)18(15)4/h6-23H,24H2,1-5H3;4-14,16H,3,15H2,1-2H3;5-11H,1-4H3/b19-13+,33-21+;;15-5+. The largest absolute Gasteiger partial charge is 0.347 e. The van der Waals surface area contributed by atoms with Crippen molar-refractivity contribution in [1.82, 2.24) is 0 Å². The molecule has 2 nitrogen and oxygen atoms in total. The summed E-state index contributed by atoms with van der Waals surface area (Å²) in [5.41, 5.74) is 19.6. The number of rotatable bonds is 8. The monoisotopic (exact) mass is 993 g/mol. The van der Waals surface area contributed by atoms with Gasteiger partial charge in [0.2, 0.25) is 0 Å². The summed E-state index contributed by atoms with van der Waals surface area (Å²) in [6.07, 6.45) is 12.4. The molecule has 0 saturated carbocycles. The maximum absolute atomic E-state index is 2.43. The molecule has 76 heavy (non-hydrogen) atoms. The first kappa shape index (κ1) is 51.8. The first-order valence-corrected chi connectivity index (χ1v) is 27.7. The van der Waals surface area contributed by atoms with Crippen molar-refractivity contribution in [1.29, 1.82) is 0 Å². The molecule has 0 spiro atoms. The van der Waals surface area contributed by atoms with Crippen LogP contribution in [0.2, 0.25) is 0 Å². The van der Waals surface area contributed by atoms with Gasteiger partial charge in [0.25, 0.3) is 0 Å². The molecule has 0 saturated heterocycles. The van der Waals surface area contributed by atoms with Gasteiger partial charge in [-0.05, 0) is 145 Å². The van der Waals surface area contributed by atoms with Gasteiger partial charge in [-0.15, -0.1) is 0 Å². The molecule has 2 heteroatoms. The van der Waals surface area contributed by atoms with Crippen LogP contribution in [0.15, 0.2) is 235 Å². The fourth-order valence-electron chi connectivity index (χ4n) is 13.6. The van der Waals surface area contributed by atoms with Gasteiger partial charge in [0.15, 0.2) is 0 Å². The number of fused-ring (bicyclic) bond motifs is 8. The van der Waals surface area contributed by atoms with Crippen molar-refractivity contribution in [2.24, 2.45) is 0 Å². The summed E-state index contributed by atoms with van der Waals surface area (Å²) >= 11 is 0. The zero-order valence-corrected chi connectivity index (χ0v) is 46.9. The maximum atomic E-state index is 2.43. The molecule has 2 aliphatic heterocycles. The van der Waals surface area contributed by atoms with Gasteiger partial charge in [-0.2, -0.15) is 0 Å². The van der Waals surface area contributed by atoms with Crippen molar-refractivity contribution in [3.05, 3.63) is 280 Å². The van der Waals surface area contributed by atoms with E-state index in [1.165, 1.54) is 111 Å². The fourth-order valence-corrected chi connectivity index (χ4v) is 13.6. The van der Waals surface area contributed by atoms with Crippen molar-refractivity contribution in [2.75, 3.05) is 23.9 Å². The van der Waals surface area contributed by atoms with Gasteiger partial charge in [-0.25, -0.2) is 0 Å². The average molecular weight is 993 g/mol. The molecule has 2 atom stereocenters. The van der Waals surface area contributed by atoms with E-state index in [2.05, 4.69) is 305 Å². The van der Waals surface area contributed by atoms with Crippen LogP contribution < -0.4 is 9.80 Å². The van der Waals surface area contributed by atoms with Crippen LogP contribution >= 0.6 is 0 Å². The Morgan fingerprint density at radius 3 is 1.71 bits per heavy atom. The number of nitrogens with zero attached hydrogens (tertiary/aromatic N) is 2. The minimum atomic E-state index is -0.0974. The minimum Gasteiger partial charge on any atom is -0.347 e. The van der Waals surface area contributed by atoms with E-state index >= 15 is 0 Å². The van der Waals surface area contributed by atoms with Gasteiger partial charge in [0.05, 0.1) is 0 Å². The first-order valence-electron chi connectivity index (χ1n) is 27.7.